The second-order valence-corrected chi connectivity index (χ2v) is 3.17. The van der Waals surface area contributed by atoms with Gasteiger partial charge >= 0.3 is 0 Å². The van der Waals surface area contributed by atoms with Gasteiger partial charge in [0.05, 0.1) is 11.9 Å². The van der Waals surface area contributed by atoms with Crippen molar-refractivity contribution in [3.8, 4) is 0 Å². The van der Waals surface area contributed by atoms with Gasteiger partial charge in [-0.2, -0.15) is 5.10 Å². The highest BCUT2D eigenvalue weighted by molar-refractivity contribution is 6.31. The lowest BCUT2D eigenvalue weighted by molar-refractivity contribution is -0.118. The number of carbonyl (C=O) groups is 1. The van der Waals surface area contributed by atoms with Crippen LogP contribution in [-0.4, -0.2) is 21.3 Å². The summed E-state index contributed by atoms with van der Waals surface area (Å²) in [5.74, 6) is -0.872. The molecule has 0 radical (unpaired) electrons. The fourth-order valence-corrected chi connectivity index (χ4v) is 1.03. The van der Waals surface area contributed by atoms with Gasteiger partial charge in [-0.15, -0.1) is 0 Å². The fraction of sp³-hybridized carbons (Fsp3) is 0.500. The Balaban J connectivity index is 2.55. The third-order valence-electron chi connectivity index (χ3n) is 1.55. The maximum absolute atomic E-state index is 12.3. The first kappa shape index (κ1) is 11.0. The number of aromatic nitrogens is 2. The Morgan fingerprint density at radius 1 is 1.86 bits per heavy atom. The molecule has 14 heavy (non-hydrogen) atoms. The van der Waals surface area contributed by atoms with Gasteiger partial charge in [-0.25, -0.2) is 4.39 Å². The molecule has 0 spiro atoms. The van der Waals surface area contributed by atoms with Crippen LogP contribution in [0, 0.1) is 0 Å². The standard InChI is InChI=1S/C8H11ClFN3O/c1-2-3-13-5-6(4-11-13)12-8(14)7(9)10/h4-5,7H,2-3H2,1H3,(H,12,14). The summed E-state index contributed by atoms with van der Waals surface area (Å²) in [4.78, 5) is 10.8. The Morgan fingerprint density at radius 2 is 2.57 bits per heavy atom. The predicted molar refractivity (Wildman–Crippen MR) is 51.9 cm³/mol. The van der Waals surface area contributed by atoms with Crippen LogP contribution in [0.3, 0.4) is 0 Å². The number of alkyl halides is 2. The number of halogens is 2. The normalized spacial score (nSPS) is 12.5. The third kappa shape index (κ3) is 2.99. The van der Waals surface area contributed by atoms with Crippen molar-refractivity contribution in [3.05, 3.63) is 12.4 Å². The number of carbonyl (C=O) groups excluding carboxylic acids is 1. The first-order chi connectivity index (χ1) is 6.63. The van der Waals surface area contributed by atoms with E-state index in [1.807, 2.05) is 6.92 Å². The summed E-state index contributed by atoms with van der Waals surface area (Å²) in [6.45, 7) is 2.77. The number of hydrogen-bond donors (Lipinski definition) is 1. The molecule has 1 unspecified atom stereocenters. The highest BCUT2D eigenvalue weighted by Gasteiger charge is 2.13. The van der Waals surface area contributed by atoms with Crippen molar-refractivity contribution in [2.75, 3.05) is 5.32 Å². The fourth-order valence-electron chi connectivity index (χ4n) is 0.976. The van der Waals surface area contributed by atoms with Crippen molar-refractivity contribution >= 4 is 23.2 Å². The molecule has 0 aromatic carbocycles. The van der Waals surface area contributed by atoms with E-state index in [0.29, 0.717) is 5.69 Å². The minimum Gasteiger partial charge on any atom is -0.320 e. The molecule has 1 heterocycles. The molecule has 0 bridgehead atoms. The number of amides is 1. The lowest BCUT2D eigenvalue weighted by Crippen LogP contribution is -2.18. The lowest BCUT2D eigenvalue weighted by atomic mass is 10.5. The van der Waals surface area contributed by atoms with E-state index in [0.717, 1.165) is 13.0 Å². The average molecular weight is 220 g/mol. The van der Waals surface area contributed by atoms with Crippen molar-refractivity contribution in [2.45, 2.75) is 25.5 Å². The van der Waals surface area contributed by atoms with E-state index in [1.165, 1.54) is 6.20 Å². The Hall–Kier alpha value is -1.10. The maximum Gasteiger partial charge on any atom is 0.274 e. The molecular weight excluding hydrogens is 209 g/mol. The van der Waals surface area contributed by atoms with E-state index in [9.17, 15) is 9.18 Å². The Morgan fingerprint density at radius 3 is 3.14 bits per heavy atom. The lowest BCUT2D eigenvalue weighted by Gasteiger charge is -2.00. The average Bonchev–Trinajstić information content (AvgIpc) is 2.53. The molecule has 0 saturated heterocycles. The Bertz CT molecular complexity index is 313. The van der Waals surface area contributed by atoms with Gasteiger partial charge in [0.15, 0.2) is 0 Å². The topological polar surface area (TPSA) is 46.9 Å². The van der Waals surface area contributed by atoms with Crippen LogP contribution in [0.1, 0.15) is 13.3 Å². The molecule has 1 amide bonds. The highest BCUT2D eigenvalue weighted by Crippen LogP contribution is 2.08. The smallest absolute Gasteiger partial charge is 0.274 e. The minimum absolute atomic E-state index is 0.451. The first-order valence-electron chi connectivity index (χ1n) is 4.25. The summed E-state index contributed by atoms with van der Waals surface area (Å²) in [5.41, 5.74) is -1.57. The molecular formula is C8H11ClFN3O. The van der Waals surface area contributed by atoms with E-state index in [4.69, 9.17) is 11.6 Å². The largest absolute Gasteiger partial charge is 0.320 e. The van der Waals surface area contributed by atoms with Gasteiger partial charge < -0.3 is 5.32 Å². The summed E-state index contributed by atoms with van der Waals surface area (Å²) in [6.07, 6.45) is 4.02. The van der Waals surface area contributed by atoms with Crippen LogP contribution >= 0.6 is 11.6 Å². The molecule has 0 aliphatic carbocycles. The SMILES string of the molecule is CCCn1cc(NC(=O)C(F)Cl)cn1. The van der Waals surface area contributed by atoms with E-state index in [2.05, 4.69) is 10.4 Å². The quantitative estimate of drug-likeness (QED) is 0.785. The van der Waals surface area contributed by atoms with E-state index in [1.54, 1.807) is 10.9 Å². The number of nitrogens with one attached hydrogen (secondary N) is 1. The van der Waals surface area contributed by atoms with Crippen molar-refractivity contribution in [1.29, 1.82) is 0 Å². The van der Waals surface area contributed by atoms with Gasteiger partial charge in [0.1, 0.15) is 0 Å². The van der Waals surface area contributed by atoms with Gasteiger partial charge in [-0.3, -0.25) is 9.48 Å². The molecule has 1 aromatic rings. The van der Waals surface area contributed by atoms with Gasteiger partial charge in [-0.1, -0.05) is 18.5 Å². The zero-order valence-corrected chi connectivity index (χ0v) is 8.46. The number of rotatable bonds is 4. The molecule has 0 aliphatic rings. The molecule has 1 atom stereocenters. The monoisotopic (exact) mass is 219 g/mol. The molecule has 1 N–H and O–H groups in total. The Labute approximate surface area is 86.0 Å². The van der Waals surface area contributed by atoms with Gasteiger partial charge in [0.25, 0.3) is 11.5 Å². The molecule has 6 heteroatoms. The second kappa shape index (κ2) is 4.95. The van der Waals surface area contributed by atoms with E-state index >= 15 is 0 Å². The van der Waals surface area contributed by atoms with Crippen molar-refractivity contribution in [3.63, 3.8) is 0 Å². The molecule has 4 nitrogen and oxygen atoms in total. The summed E-state index contributed by atoms with van der Waals surface area (Å²) in [5, 5.41) is 6.25. The molecule has 0 fully saturated rings. The zero-order valence-electron chi connectivity index (χ0n) is 7.70. The predicted octanol–water partition coefficient (Wildman–Crippen LogP) is 1.77. The highest BCUT2D eigenvalue weighted by atomic mass is 35.5. The number of nitrogens with zero attached hydrogens (tertiary/aromatic N) is 2. The summed E-state index contributed by atoms with van der Waals surface area (Å²) < 4.78 is 13.9. The maximum atomic E-state index is 12.3. The van der Waals surface area contributed by atoms with E-state index < -0.39 is 11.5 Å². The van der Waals surface area contributed by atoms with Crippen molar-refractivity contribution < 1.29 is 9.18 Å². The third-order valence-corrected chi connectivity index (χ3v) is 1.75. The summed E-state index contributed by atoms with van der Waals surface area (Å²) in [6, 6.07) is 0. The minimum atomic E-state index is -2.02. The van der Waals surface area contributed by atoms with Crippen molar-refractivity contribution in [1.82, 2.24) is 9.78 Å². The number of aryl methyl sites for hydroxylation is 1. The van der Waals surface area contributed by atoms with Crippen LogP contribution in [0.4, 0.5) is 10.1 Å². The molecule has 1 rings (SSSR count). The summed E-state index contributed by atoms with van der Waals surface area (Å²) >= 11 is 4.94. The van der Waals surface area contributed by atoms with Crippen LogP contribution in [0.15, 0.2) is 12.4 Å². The molecule has 0 saturated carbocycles. The van der Waals surface area contributed by atoms with E-state index in [-0.39, 0.29) is 0 Å². The second-order valence-electron chi connectivity index (χ2n) is 2.78. The Kier molecular flexibility index (Phi) is 3.88. The van der Waals surface area contributed by atoms with Gasteiger partial charge in [-0.05, 0) is 6.42 Å². The van der Waals surface area contributed by atoms with Crippen molar-refractivity contribution in [2.24, 2.45) is 0 Å². The summed E-state index contributed by atoms with van der Waals surface area (Å²) in [7, 11) is 0. The van der Waals surface area contributed by atoms with Gasteiger partial charge in [0, 0.05) is 12.7 Å². The van der Waals surface area contributed by atoms with Crippen LogP contribution in [0.25, 0.3) is 0 Å². The molecule has 78 valence electrons. The first-order valence-corrected chi connectivity index (χ1v) is 4.68. The van der Waals surface area contributed by atoms with Crippen LogP contribution < -0.4 is 5.32 Å². The van der Waals surface area contributed by atoms with Crippen LogP contribution in [0.2, 0.25) is 0 Å². The van der Waals surface area contributed by atoms with Gasteiger partial charge in [0.2, 0.25) is 0 Å². The number of hydrogen-bond acceptors (Lipinski definition) is 2. The number of anilines is 1. The van der Waals surface area contributed by atoms with Crippen LogP contribution in [0.5, 0.6) is 0 Å². The zero-order chi connectivity index (χ0) is 10.6. The molecule has 0 aliphatic heterocycles. The van der Waals surface area contributed by atoms with Crippen LogP contribution in [-0.2, 0) is 11.3 Å². The molecule has 1 aromatic heterocycles.